The smallest absolute Gasteiger partial charge is 0.306 e. The van der Waals surface area contributed by atoms with Gasteiger partial charge in [-0.2, -0.15) is 0 Å². The molecule has 7 heteroatoms. The summed E-state index contributed by atoms with van der Waals surface area (Å²) in [5, 5.41) is 14.5. The van der Waals surface area contributed by atoms with Crippen LogP contribution in [0.15, 0.2) is 42.6 Å². The highest BCUT2D eigenvalue weighted by molar-refractivity contribution is 5.70. The number of hydrogen-bond donors (Lipinski definition) is 1. The first-order chi connectivity index (χ1) is 13.8. The van der Waals surface area contributed by atoms with E-state index in [-0.39, 0.29) is 23.6 Å². The third kappa shape index (κ3) is 7.60. The molecule has 0 saturated carbocycles. The molecule has 1 N–H and O–H groups in total. The van der Waals surface area contributed by atoms with E-state index in [1.54, 1.807) is 31.2 Å². The zero-order chi connectivity index (χ0) is 21.3. The van der Waals surface area contributed by atoms with Gasteiger partial charge in [-0.25, -0.2) is 9.12 Å². The summed E-state index contributed by atoms with van der Waals surface area (Å²) in [5.41, 5.74) is 0.470. The van der Waals surface area contributed by atoms with Crippen LogP contribution in [0, 0.1) is 16.4 Å². The number of pyridine rings is 1. The van der Waals surface area contributed by atoms with E-state index >= 15 is 0 Å². The molecule has 0 saturated heterocycles. The van der Waals surface area contributed by atoms with Gasteiger partial charge in [0.2, 0.25) is 0 Å². The van der Waals surface area contributed by atoms with Crippen LogP contribution in [-0.4, -0.2) is 25.7 Å². The van der Waals surface area contributed by atoms with Crippen molar-refractivity contribution in [1.29, 1.82) is 0 Å². The van der Waals surface area contributed by atoms with Crippen molar-refractivity contribution in [3.05, 3.63) is 59.2 Å². The maximum Gasteiger partial charge on any atom is 0.306 e. The largest absolute Gasteiger partial charge is 0.711 e. The van der Waals surface area contributed by atoms with E-state index in [4.69, 9.17) is 9.47 Å². The highest BCUT2D eigenvalue weighted by Crippen LogP contribution is 2.28. The fourth-order valence-corrected chi connectivity index (χ4v) is 3.03. The van der Waals surface area contributed by atoms with Crippen molar-refractivity contribution in [2.24, 2.45) is 5.41 Å². The number of esters is 1. The van der Waals surface area contributed by atoms with Crippen LogP contribution >= 0.6 is 0 Å². The molecular formula is C22H29FN2O4. The first kappa shape index (κ1) is 22.5. The summed E-state index contributed by atoms with van der Waals surface area (Å²) >= 11 is 0. The predicted molar refractivity (Wildman–Crippen MR) is 109 cm³/mol. The van der Waals surface area contributed by atoms with Crippen LogP contribution in [-0.2, 0) is 16.0 Å². The van der Waals surface area contributed by atoms with Crippen molar-refractivity contribution in [2.75, 3.05) is 25.1 Å². The van der Waals surface area contributed by atoms with E-state index in [1.807, 2.05) is 19.9 Å². The fourth-order valence-electron chi connectivity index (χ4n) is 3.03. The molecule has 0 unspecified atom stereocenters. The van der Waals surface area contributed by atoms with Gasteiger partial charge in [-0.05, 0) is 42.5 Å². The van der Waals surface area contributed by atoms with Gasteiger partial charge in [-0.3, -0.25) is 10.1 Å². The zero-order valence-electron chi connectivity index (χ0n) is 17.2. The quantitative estimate of drug-likeness (QED) is 0.266. The minimum absolute atomic E-state index is 0.190. The Morgan fingerprint density at radius 1 is 1.28 bits per heavy atom. The van der Waals surface area contributed by atoms with Gasteiger partial charge >= 0.3 is 5.97 Å². The van der Waals surface area contributed by atoms with E-state index in [0.29, 0.717) is 38.4 Å². The Morgan fingerprint density at radius 2 is 2.07 bits per heavy atom. The topological polar surface area (TPSA) is 74.5 Å². The minimum atomic E-state index is -0.428. The lowest BCUT2D eigenvalue weighted by molar-refractivity contribution is -0.590. The zero-order valence-corrected chi connectivity index (χ0v) is 17.2. The third-order valence-electron chi connectivity index (χ3n) is 4.32. The number of benzene rings is 1. The minimum Gasteiger partial charge on any atom is -0.711 e. The Bertz CT molecular complexity index is 811. The summed E-state index contributed by atoms with van der Waals surface area (Å²) in [6.45, 7) is 6.90. The molecule has 0 fully saturated rings. The van der Waals surface area contributed by atoms with Crippen LogP contribution in [0.2, 0.25) is 0 Å². The van der Waals surface area contributed by atoms with Crippen molar-refractivity contribution in [3.8, 4) is 5.75 Å². The van der Waals surface area contributed by atoms with Crippen LogP contribution in [0.25, 0.3) is 0 Å². The first-order valence-corrected chi connectivity index (χ1v) is 9.79. The van der Waals surface area contributed by atoms with Gasteiger partial charge in [0.15, 0.2) is 11.6 Å². The van der Waals surface area contributed by atoms with Gasteiger partial charge in [-0.15, -0.1) is 0 Å². The molecule has 1 heterocycles. The second-order valence-corrected chi connectivity index (χ2v) is 7.63. The number of halogens is 1. The van der Waals surface area contributed by atoms with Crippen LogP contribution in [0.1, 0.15) is 39.2 Å². The molecule has 1 aromatic heterocycles. The Hall–Kier alpha value is -2.83. The molecule has 2 rings (SSSR count). The second kappa shape index (κ2) is 10.6. The standard InChI is InChI=1S/C22H29FN2O4/c1-4-28-21(26)16-22(2,3)15-17-9-10-19(18(23)14-17)29-13-7-11-24-20-8-5-6-12-25(20)27/h5-6,8-10,12,14,24H,4,7,11,13,15-16H2,1-3H3. The summed E-state index contributed by atoms with van der Waals surface area (Å²) in [6.07, 6.45) is 2.87. The van der Waals surface area contributed by atoms with E-state index in [9.17, 15) is 14.4 Å². The van der Waals surface area contributed by atoms with Crippen molar-refractivity contribution in [3.63, 3.8) is 0 Å². The second-order valence-electron chi connectivity index (χ2n) is 7.63. The number of hydrogen-bond acceptors (Lipinski definition) is 5. The highest BCUT2D eigenvalue weighted by Gasteiger charge is 2.24. The third-order valence-corrected chi connectivity index (χ3v) is 4.32. The van der Waals surface area contributed by atoms with Gasteiger partial charge in [0, 0.05) is 12.5 Å². The van der Waals surface area contributed by atoms with Crippen molar-refractivity contribution in [1.82, 2.24) is 0 Å². The summed E-state index contributed by atoms with van der Waals surface area (Å²) in [4.78, 5) is 11.7. The molecule has 0 bridgehead atoms. The van der Waals surface area contributed by atoms with Gasteiger partial charge in [0.1, 0.15) is 0 Å². The summed E-state index contributed by atoms with van der Waals surface area (Å²) in [6, 6.07) is 10.00. The Labute approximate surface area is 171 Å². The molecular weight excluding hydrogens is 375 g/mol. The van der Waals surface area contributed by atoms with E-state index in [1.165, 1.54) is 12.3 Å². The van der Waals surface area contributed by atoms with Gasteiger partial charge < -0.3 is 14.7 Å². The number of nitrogens with zero attached hydrogens (tertiary/aromatic N) is 1. The lowest BCUT2D eigenvalue weighted by Gasteiger charge is -2.23. The van der Waals surface area contributed by atoms with Gasteiger partial charge in [-0.1, -0.05) is 26.0 Å². The molecule has 0 aliphatic rings. The Morgan fingerprint density at radius 3 is 2.76 bits per heavy atom. The normalized spacial score (nSPS) is 11.2. The molecule has 1 aromatic carbocycles. The number of ether oxygens (including phenoxy) is 2. The molecule has 29 heavy (non-hydrogen) atoms. The van der Waals surface area contributed by atoms with Crippen molar-refractivity contribution >= 4 is 11.8 Å². The average molecular weight is 404 g/mol. The van der Waals surface area contributed by atoms with Crippen molar-refractivity contribution < 1.29 is 23.4 Å². The summed E-state index contributed by atoms with van der Waals surface area (Å²) in [5.74, 6) is -0.0172. The molecule has 0 radical (unpaired) electrons. The van der Waals surface area contributed by atoms with E-state index < -0.39 is 5.82 Å². The number of rotatable bonds is 11. The van der Waals surface area contributed by atoms with E-state index in [0.717, 1.165) is 10.3 Å². The number of nitrogens with one attached hydrogen (secondary N) is 1. The van der Waals surface area contributed by atoms with Gasteiger partial charge in [0.25, 0.3) is 5.82 Å². The maximum absolute atomic E-state index is 14.4. The molecule has 2 aromatic rings. The predicted octanol–water partition coefficient (Wildman–Crippen LogP) is 3.86. The molecule has 6 nitrogen and oxygen atoms in total. The lowest BCUT2D eigenvalue weighted by atomic mass is 9.82. The average Bonchev–Trinajstić information content (AvgIpc) is 2.63. The summed E-state index contributed by atoms with van der Waals surface area (Å²) in [7, 11) is 0. The molecule has 0 spiro atoms. The van der Waals surface area contributed by atoms with Crippen LogP contribution in [0.4, 0.5) is 10.2 Å². The van der Waals surface area contributed by atoms with Gasteiger partial charge in [0.05, 0.1) is 32.4 Å². The fraction of sp³-hybridized carbons (Fsp3) is 0.455. The van der Waals surface area contributed by atoms with Crippen LogP contribution in [0.3, 0.4) is 0 Å². The first-order valence-electron chi connectivity index (χ1n) is 9.79. The van der Waals surface area contributed by atoms with Crippen LogP contribution < -0.4 is 14.8 Å². The van der Waals surface area contributed by atoms with Crippen LogP contribution in [0.5, 0.6) is 5.75 Å². The number of aromatic nitrogens is 1. The monoisotopic (exact) mass is 404 g/mol. The van der Waals surface area contributed by atoms with Crippen molar-refractivity contribution in [2.45, 2.75) is 40.0 Å². The molecule has 158 valence electrons. The number of carbonyl (C=O) groups excluding carboxylic acids is 1. The Balaban J connectivity index is 1.80. The number of carbonyl (C=O) groups is 1. The van der Waals surface area contributed by atoms with E-state index in [2.05, 4.69) is 5.32 Å². The molecule has 0 aliphatic carbocycles. The highest BCUT2D eigenvalue weighted by atomic mass is 19.1. The Kier molecular flexibility index (Phi) is 8.24. The molecule has 0 atom stereocenters. The lowest BCUT2D eigenvalue weighted by Crippen LogP contribution is -2.30. The number of anilines is 1. The molecule has 0 aliphatic heterocycles. The summed E-state index contributed by atoms with van der Waals surface area (Å²) < 4.78 is 25.6. The maximum atomic E-state index is 14.4. The SMILES string of the molecule is CCOC(=O)CC(C)(C)Cc1ccc(OCCCNc2cccc[n+]2[O-])c(F)c1. The molecule has 0 amide bonds.